The summed E-state index contributed by atoms with van der Waals surface area (Å²) in [5.41, 5.74) is 3.39. The zero-order valence-electron chi connectivity index (χ0n) is 18.7. The SMILES string of the molecule is Cc1nn(CCCNC(=O)CCn2c(=O)c(N(C)C)nc3ccccc32)c2ccccc12. The van der Waals surface area contributed by atoms with Gasteiger partial charge >= 0.3 is 0 Å². The summed E-state index contributed by atoms with van der Waals surface area (Å²) in [6.07, 6.45) is 1.00. The molecule has 0 spiro atoms. The summed E-state index contributed by atoms with van der Waals surface area (Å²) in [4.78, 5) is 31.5. The molecule has 0 aliphatic carbocycles. The monoisotopic (exact) mass is 432 g/mol. The molecule has 0 aliphatic rings. The first kappa shape index (κ1) is 21.5. The van der Waals surface area contributed by atoms with E-state index in [0.717, 1.165) is 40.6 Å². The molecule has 0 saturated heterocycles. The largest absolute Gasteiger partial charge is 0.358 e. The van der Waals surface area contributed by atoms with Crippen LogP contribution in [0.3, 0.4) is 0 Å². The van der Waals surface area contributed by atoms with Gasteiger partial charge in [0.1, 0.15) is 0 Å². The number of hydrogen-bond acceptors (Lipinski definition) is 5. The van der Waals surface area contributed by atoms with Gasteiger partial charge in [-0.1, -0.05) is 30.3 Å². The predicted octanol–water partition coefficient (Wildman–Crippen LogP) is 2.72. The fourth-order valence-corrected chi connectivity index (χ4v) is 3.91. The molecular weight excluding hydrogens is 404 g/mol. The van der Waals surface area contributed by atoms with Gasteiger partial charge in [0.2, 0.25) is 5.91 Å². The number of rotatable bonds is 8. The molecule has 8 heteroatoms. The third-order valence-corrected chi connectivity index (χ3v) is 5.53. The molecule has 32 heavy (non-hydrogen) atoms. The summed E-state index contributed by atoms with van der Waals surface area (Å²) in [5, 5.41) is 8.72. The Hall–Kier alpha value is -3.68. The number of nitrogens with zero attached hydrogens (tertiary/aromatic N) is 5. The molecule has 2 aromatic carbocycles. The van der Waals surface area contributed by atoms with E-state index in [1.54, 1.807) is 23.6 Å². The maximum atomic E-state index is 12.9. The Morgan fingerprint density at radius 1 is 1.03 bits per heavy atom. The second-order valence-electron chi connectivity index (χ2n) is 8.05. The average Bonchev–Trinajstić information content (AvgIpc) is 3.11. The molecule has 4 aromatic rings. The normalized spacial score (nSPS) is 11.2. The lowest BCUT2D eigenvalue weighted by atomic mass is 10.2. The van der Waals surface area contributed by atoms with Crippen molar-refractivity contribution in [3.63, 3.8) is 0 Å². The van der Waals surface area contributed by atoms with Gasteiger partial charge in [-0.05, 0) is 31.5 Å². The van der Waals surface area contributed by atoms with Crippen LogP contribution in [0.15, 0.2) is 53.3 Å². The molecule has 0 atom stereocenters. The Bertz CT molecular complexity index is 1320. The molecule has 2 aromatic heterocycles. The van der Waals surface area contributed by atoms with E-state index in [4.69, 9.17) is 0 Å². The van der Waals surface area contributed by atoms with Gasteiger partial charge in [-0.15, -0.1) is 0 Å². The van der Waals surface area contributed by atoms with Crippen LogP contribution in [0.2, 0.25) is 0 Å². The van der Waals surface area contributed by atoms with Crippen LogP contribution in [0, 0.1) is 6.92 Å². The van der Waals surface area contributed by atoms with Crippen molar-refractivity contribution in [3.05, 3.63) is 64.6 Å². The highest BCUT2D eigenvalue weighted by atomic mass is 16.2. The lowest BCUT2D eigenvalue weighted by Gasteiger charge is -2.16. The number of carbonyl (C=O) groups excluding carboxylic acids is 1. The number of amides is 1. The van der Waals surface area contributed by atoms with Crippen LogP contribution in [-0.2, 0) is 17.9 Å². The summed E-state index contributed by atoms with van der Waals surface area (Å²) in [7, 11) is 3.58. The minimum atomic E-state index is -0.192. The molecule has 1 amide bonds. The van der Waals surface area contributed by atoms with Crippen LogP contribution in [0.4, 0.5) is 5.82 Å². The van der Waals surface area contributed by atoms with Crippen LogP contribution in [0.5, 0.6) is 0 Å². The van der Waals surface area contributed by atoms with Crippen molar-refractivity contribution in [2.24, 2.45) is 0 Å². The van der Waals surface area contributed by atoms with Crippen LogP contribution >= 0.6 is 0 Å². The molecule has 0 fully saturated rings. The Balaban J connectivity index is 1.36. The van der Waals surface area contributed by atoms with Gasteiger partial charge in [0.05, 0.1) is 22.2 Å². The Morgan fingerprint density at radius 3 is 2.53 bits per heavy atom. The lowest BCUT2D eigenvalue weighted by molar-refractivity contribution is -0.121. The van der Waals surface area contributed by atoms with E-state index in [2.05, 4.69) is 27.5 Å². The van der Waals surface area contributed by atoms with E-state index in [-0.39, 0.29) is 17.9 Å². The van der Waals surface area contributed by atoms with Crippen LogP contribution in [0.1, 0.15) is 18.5 Å². The highest BCUT2D eigenvalue weighted by Crippen LogP contribution is 2.17. The van der Waals surface area contributed by atoms with Gasteiger partial charge in [0, 0.05) is 45.5 Å². The fraction of sp³-hybridized carbons (Fsp3) is 0.333. The summed E-state index contributed by atoms with van der Waals surface area (Å²) < 4.78 is 3.62. The van der Waals surface area contributed by atoms with Crippen LogP contribution in [-0.4, -0.2) is 45.9 Å². The van der Waals surface area contributed by atoms with Crippen LogP contribution < -0.4 is 15.8 Å². The van der Waals surface area contributed by atoms with Crippen molar-refractivity contribution in [2.45, 2.75) is 32.9 Å². The molecule has 166 valence electrons. The Labute approximate surface area is 186 Å². The molecule has 1 N–H and O–H groups in total. The van der Waals surface area contributed by atoms with Gasteiger partial charge in [0.15, 0.2) is 5.82 Å². The number of para-hydroxylation sites is 3. The van der Waals surface area contributed by atoms with Crippen LogP contribution in [0.25, 0.3) is 21.9 Å². The number of aryl methyl sites for hydroxylation is 3. The number of nitrogens with one attached hydrogen (secondary N) is 1. The van der Waals surface area contributed by atoms with Gasteiger partial charge in [0.25, 0.3) is 5.56 Å². The average molecular weight is 433 g/mol. The fourth-order valence-electron chi connectivity index (χ4n) is 3.91. The minimum Gasteiger partial charge on any atom is -0.358 e. The van der Waals surface area contributed by atoms with Crippen molar-refractivity contribution < 1.29 is 4.79 Å². The summed E-state index contributed by atoms with van der Waals surface area (Å²) >= 11 is 0. The van der Waals surface area contributed by atoms with Gasteiger partial charge < -0.3 is 14.8 Å². The molecule has 0 aliphatic heterocycles. The number of carbonyl (C=O) groups is 1. The van der Waals surface area contributed by atoms with Crippen molar-refractivity contribution in [3.8, 4) is 0 Å². The number of anilines is 1. The predicted molar refractivity (Wildman–Crippen MR) is 127 cm³/mol. The molecule has 0 unspecified atom stereocenters. The second kappa shape index (κ2) is 9.21. The maximum Gasteiger partial charge on any atom is 0.293 e. The summed E-state index contributed by atoms with van der Waals surface area (Å²) in [6.45, 7) is 3.60. The zero-order valence-corrected chi connectivity index (χ0v) is 18.7. The van der Waals surface area contributed by atoms with E-state index in [1.807, 2.05) is 48.0 Å². The second-order valence-corrected chi connectivity index (χ2v) is 8.05. The van der Waals surface area contributed by atoms with E-state index >= 15 is 0 Å². The van der Waals surface area contributed by atoms with E-state index < -0.39 is 0 Å². The minimum absolute atomic E-state index is 0.0781. The molecule has 8 nitrogen and oxygen atoms in total. The third kappa shape index (κ3) is 4.34. The molecule has 4 rings (SSSR count). The molecular formula is C24H28N6O2. The van der Waals surface area contributed by atoms with Gasteiger partial charge in [-0.3, -0.25) is 14.3 Å². The summed E-state index contributed by atoms with van der Waals surface area (Å²) in [6, 6.07) is 15.6. The highest BCUT2D eigenvalue weighted by molar-refractivity contribution is 5.81. The van der Waals surface area contributed by atoms with Gasteiger partial charge in [-0.25, -0.2) is 4.98 Å². The quantitative estimate of drug-likeness (QED) is 0.433. The van der Waals surface area contributed by atoms with E-state index in [9.17, 15) is 9.59 Å². The van der Waals surface area contributed by atoms with Crippen molar-refractivity contribution in [1.82, 2.24) is 24.6 Å². The molecule has 2 heterocycles. The molecule has 0 radical (unpaired) electrons. The Morgan fingerprint density at radius 2 is 1.75 bits per heavy atom. The number of fused-ring (bicyclic) bond motifs is 2. The maximum absolute atomic E-state index is 12.9. The standard InChI is InChI=1S/C24H28N6O2/c1-17-18-9-4-6-11-20(18)30(27-17)15-8-14-25-22(31)13-16-29-21-12-7-5-10-19(21)26-23(24(29)32)28(2)3/h4-7,9-12H,8,13-16H2,1-3H3,(H,25,31). The Kier molecular flexibility index (Phi) is 6.20. The lowest BCUT2D eigenvalue weighted by Crippen LogP contribution is -2.31. The third-order valence-electron chi connectivity index (χ3n) is 5.53. The zero-order chi connectivity index (χ0) is 22.7. The van der Waals surface area contributed by atoms with E-state index in [0.29, 0.717) is 18.9 Å². The molecule has 0 saturated carbocycles. The first-order valence-corrected chi connectivity index (χ1v) is 10.8. The van der Waals surface area contributed by atoms with Crippen molar-refractivity contribution in [2.75, 3.05) is 25.5 Å². The number of aromatic nitrogens is 4. The molecule has 0 bridgehead atoms. The first-order chi connectivity index (χ1) is 15.5. The van der Waals surface area contributed by atoms with Crippen molar-refractivity contribution in [1.29, 1.82) is 0 Å². The van der Waals surface area contributed by atoms with Crippen molar-refractivity contribution >= 4 is 33.7 Å². The first-order valence-electron chi connectivity index (χ1n) is 10.8. The van der Waals surface area contributed by atoms with Gasteiger partial charge in [-0.2, -0.15) is 5.10 Å². The highest BCUT2D eigenvalue weighted by Gasteiger charge is 2.13. The van der Waals surface area contributed by atoms with E-state index in [1.165, 1.54) is 0 Å². The number of benzene rings is 2. The topological polar surface area (TPSA) is 85.0 Å². The summed E-state index contributed by atoms with van der Waals surface area (Å²) in [5.74, 6) is 0.288. The smallest absolute Gasteiger partial charge is 0.293 e. The number of hydrogen-bond donors (Lipinski definition) is 1.